The van der Waals surface area contributed by atoms with Crippen LogP contribution in [0.4, 0.5) is 11.4 Å². The molecule has 20 heavy (non-hydrogen) atoms. The second-order valence-electron chi connectivity index (χ2n) is 3.69. The van der Waals surface area contributed by atoms with Crippen molar-refractivity contribution >= 4 is 17.3 Å². The number of carbonyl (C=O) groups excluding carboxylic acids is 1. The first kappa shape index (κ1) is 15.6. The summed E-state index contributed by atoms with van der Waals surface area (Å²) in [4.78, 5) is 21.7. The molecule has 0 atom stereocenters. The van der Waals surface area contributed by atoms with Gasteiger partial charge in [0.2, 0.25) is 0 Å². The predicted octanol–water partition coefficient (Wildman–Crippen LogP) is 1.07. The molecule has 0 spiro atoms. The number of nitrogens with one attached hydrogen (secondary N) is 1. The molecule has 1 aromatic carbocycles. The van der Waals surface area contributed by atoms with Crippen molar-refractivity contribution in [3.05, 3.63) is 33.9 Å². The maximum Gasteiger partial charge on any atom is 0.294 e. The summed E-state index contributed by atoms with van der Waals surface area (Å²) in [5.41, 5.74) is -0.172. The standard InChI is InChI=1S/C12H13N3O5/c1-19-4-5-20-8-12(16)14-10-3-2-9(7-13)6-11(10)15(17)18/h2-3,6H,4-5,8H2,1H3,(H,14,16). The highest BCUT2D eigenvalue weighted by atomic mass is 16.6. The normalized spacial score (nSPS) is 9.80. The predicted molar refractivity (Wildman–Crippen MR) is 69.1 cm³/mol. The smallest absolute Gasteiger partial charge is 0.294 e. The number of anilines is 1. The number of ether oxygens (including phenoxy) is 2. The van der Waals surface area contributed by atoms with Crippen molar-refractivity contribution in [1.82, 2.24) is 0 Å². The average molecular weight is 279 g/mol. The summed E-state index contributed by atoms with van der Waals surface area (Å²) in [6, 6.07) is 5.59. The topological polar surface area (TPSA) is 114 Å². The van der Waals surface area contributed by atoms with Gasteiger partial charge in [0, 0.05) is 13.2 Å². The van der Waals surface area contributed by atoms with Gasteiger partial charge in [-0.1, -0.05) is 0 Å². The van der Waals surface area contributed by atoms with Crippen LogP contribution in [0, 0.1) is 21.4 Å². The lowest BCUT2D eigenvalue weighted by atomic mass is 10.2. The first-order valence-electron chi connectivity index (χ1n) is 5.63. The van der Waals surface area contributed by atoms with Gasteiger partial charge in [0.25, 0.3) is 11.6 Å². The van der Waals surface area contributed by atoms with E-state index in [9.17, 15) is 14.9 Å². The zero-order valence-electron chi connectivity index (χ0n) is 10.8. The van der Waals surface area contributed by atoms with Crippen molar-refractivity contribution in [2.45, 2.75) is 0 Å². The van der Waals surface area contributed by atoms with Crippen LogP contribution in [-0.4, -0.2) is 37.8 Å². The first-order valence-corrected chi connectivity index (χ1v) is 5.63. The van der Waals surface area contributed by atoms with E-state index in [1.807, 2.05) is 0 Å². The average Bonchev–Trinajstić information content (AvgIpc) is 2.43. The number of rotatable bonds is 7. The number of nitrogens with zero attached hydrogens (tertiary/aromatic N) is 2. The Labute approximate surface area is 115 Å². The molecule has 0 aliphatic carbocycles. The van der Waals surface area contributed by atoms with Gasteiger partial charge in [-0.25, -0.2) is 0 Å². The Kier molecular flexibility index (Phi) is 6.09. The molecule has 0 bridgehead atoms. The van der Waals surface area contributed by atoms with Gasteiger partial charge in [0.1, 0.15) is 12.3 Å². The molecule has 8 nitrogen and oxygen atoms in total. The monoisotopic (exact) mass is 279 g/mol. The second kappa shape index (κ2) is 7.83. The summed E-state index contributed by atoms with van der Waals surface area (Å²) in [5, 5.41) is 21.9. The molecule has 1 N–H and O–H groups in total. The lowest BCUT2D eigenvalue weighted by Crippen LogP contribution is -2.20. The van der Waals surface area contributed by atoms with Crippen molar-refractivity contribution in [3.8, 4) is 6.07 Å². The molecule has 1 amide bonds. The van der Waals surface area contributed by atoms with Crippen molar-refractivity contribution in [2.24, 2.45) is 0 Å². The summed E-state index contributed by atoms with van der Waals surface area (Å²) >= 11 is 0. The minimum atomic E-state index is -0.664. The van der Waals surface area contributed by atoms with Gasteiger partial charge in [-0.15, -0.1) is 0 Å². The fourth-order valence-corrected chi connectivity index (χ4v) is 1.35. The van der Waals surface area contributed by atoms with Gasteiger partial charge in [-0.3, -0.25) is 14.9 Å². The van der Waals surface area contributed by atoms with Crippen molar-refractivity contribution in [1.29, 1.82) is 5.26 Å². The molecule has 0 aliphatic heterocycles. The van der Waals surface area contributed by atoms with E-state index in [0.717, 1.165) is 6.07 Å². The molecule has 0 saturated heterocycles. The number of nitro benzene ring substituents is 1. The Hall–Kier alpha value is -2.50. The molecule has 0 aromatic heterocycles. The molecule has 0 unspecified atom stereocenters. The van der Waals surface area contributed by atoms with Gasteiger partial charge in [0.15, 0.2) is 0 Å². The summed E-state index contributed by atoms with van der Waals surface area (Å²) in [5.74, 6) is -0.520. The van der Waals surface area contributed by atoms with Crippen LogP contribution in [0.1, 0.15) is 5.56 Å². The SMILES string of the molecule is COCCOCC(=O)Nc1ccc(C#N)cc1[N+](=O)[O-]. The number of methoxy groups -OCH3 is 1. The third kappa shape index (κ3) is 4.64. The van der Waals surface area contributed by atoms with E-state index in [4.69, 9.17) is 14.7 Å². The fourth-order valence-electron chi connectivity index (χ4n) is 1.35. The first-order chi connectivity index (χ1) is 9.58. The molecule has 0 heterocycles. The van der Waals surface area contributed by atoms with E-state index < -0.39 is 10.8 Å². The van der Waals surface area contributed by atoms with Crippen molar-refractivity contribution in [2.75, 3.05) is 32.2 Å². The molecule has 1 rings (SSSR count). The van der Waals surface area contributed by atoms with Crippen LogP contribution in [0.5, 0.6) is 0 Å². The lowest BCUT2D eigenvalue weighted by Gasteiger charge is -2.06. The van der Waals surface area contributed by atoms with Crippen LogP contribution in [0.15, 0.2) is 18.2 Å². The van der Waals surface area contributed by atoms with Crippen LogP contribution >= 0.6 is 0 Å². The van der Waals surface area contributed by atoms with Crippen LogP contribution in [0.25, 0.3) is 0 Å². The molecule has 0 aliphatic rings. The third-order valence-corrected chi connectivity index (χ3v) is 2.26. The number of nitriles is 1. The van der Waals surface area contributed by atoms with Gasteiger partial charge in [-0.2, -0.15) is 5.26 Å². The molecule has 0 fully saturated rings. The molecular formula is C12H13N3O5. The number of hydrogen-bond acceptors (Lipinski definition) is 6. The van der Waals surface area contributed by atoms with E-state index in [1.165, 1.54) is 19.2 Å². The summed E-state index contributed by atoms with van der Waals surface area (Å²) in [6.45, 7) is 0.365. The minimum absolute atomic E-state index is 0.0225. The van der Waals surface area contributed by atoms with Crippen LogP contribution in [-0.2, 0) is 14.3 Å². The Balaban J connectivity index is 2.69. The number of nitro groups is 1. The van der Waals surface area contributed by atoms with E-state index in [2.05, 4.69) is 5.32 Å². The van der Waals surface area contributed by atoms with Gasteiger partial charge in [0.05, 0.1) is 29.8 Å². The van der Waals surface area contributed by atoms with Gasteiger partial charge in [-0.05, 0) is 12.1 Å². The van der Waals surface area contributed by atoms with Crippen LogP contribution in [0.2, 0.25) is 0 Å². The number of benzene rings is 1. The Morgan fingerprint density at radius 2 is 2.25 bits per heavy atom. The van der Waals surface area contributed by atoms with Gasteiger partial charge >= 0.3 is 0 Å². The van der Waals surface area contributed by atoms with E-state index in [0.29, 0.717) is 6.61 Å². The molecule has 0 radical (unpaired) electrons. The highest BCUT2D eigenvalue weighted by Gasteiger charge is 2.16. The van der Waals surface area contributed by atoms with E-state index >= 15 is 0 Å². The third-order valence-electron chi connectivity index (χ3n) is 2.26. The number of carbonyl (C=O) groups is 1. The molecular weight excluding hydrogens is 266 g/mol. The molecule has 1 aromatic rings. The van der Waals surface area contributed by atoms with Crippen LogP contribution in [0.3, 0.4) is 0 Å². The zero-order valence-corrected chi connectivity index (χ0v) is 10.8. The molecule has 0 saturated carbocycles. The highest BCUT2D eigenvalue weighted by Crippen LogP contribution is 2.25. The fraction of sp³-hybridized carbons (Fsp3) is 0.333. The summed E-state index contributed by atoms with van der Waals surface area (Å²) < 4.78 is 9.74. The minimum Gasteiger partial charge on any atom is -0.382 e. The van der Waals surface area contributed by atoms with E-state index in [1.54, 1.807) is 6.07 Å². The largest absolute Gasteiger partial charge is 0.382 e. The summed E-state index contributed by atoms with van der Waals surface area (Å²) in [7, 11) is 1.50. The maximum absolute atomic E-state index is 11.5. The number of amides is 1. The lowest BCUT2D eigenvalue weighted by molar-refractivity contribution is -0.383. The summed E-state index contributed by atoms with van der Waals surface area (Å²) in [6.07, 6.45) is 0. The molecule has 8 heteroatoms. The van der Waals surface area contributed by atoms with E-state index in [-0.39, 0.29) is 30.2 Å². The second-order valence-corrected chi connectivity index (χ2v) is 3.69. The van der Waals surface area contributed by atoms with Crippen molar-refractivity contribution < 1.29 is 19.2 Å². The number of hydrogen-bond donors (Lipinski definition) is 1. The highest BCUT2D eigenvalue weighted by molar-refractivity contribution is 5.94. The van der Waals surface area contributed by atoms with Gasteiger partial charge < -0.3 is 14.8 Å². The Morgan fingerprint density at radius 3 is 2.85 bits per heavy atom. The molecule has 106 valence electrons. The Morgan fingerprint density at radius 1 is 1.50 bits per heavy atom. The quantitative estimate of drug-likeness (QED) is 0.453. The van der Waals surface area contributed by atoms with Crippen LogP contribution < -0.4 is 5.32 Å². The van der Waals surface area contributed by atoms with Crippen molar-refractivity contribution in [3.63, 3.8) is 0 Å². The Bertz CT molecular complexity index is 538. The zero-order chi connectivity index (χ0) is 15.0. The maximum atomic E-state index is 11.5.